The van der Waals surface area contributed by atoms with Crippen LogP contribution < -0.4 is 0 Å². The smallest absolute Gasteiger partial charge is 0.123 e. The number of piperidine rings is 1. The summed E-state index contributed by atoms with van der Waals surface area (Å²) in [7, 11) is 0. The number of rotatable bonds is 5. The molecular formula is C27H24FN3O. The van der Waals surface area contributed by atoms with E-state index in [1.165, 1.54) is 28.8 Å². The molecule has 3 heterocycles. The van der Waals surface area contributed by atoms with Gasteiger partial charge in [-0.1, -0.05) is 30.3 Å². The third-order valence-corrected chi connectivity index (χ3v) is 8.40. The first kappa shape index (κ1) is 18.5. The fraction of sp³-hybridized carbons (Fsp3) is 0.296. The molecule has 5 heteroatoms. The van der Waals surface area contributed by atoms with Crippen LogP contribution in [-0.2, 0) is 12.0 Å². The number of aromatic nitrogens is 2. The molecule has 4 nitrogen and oxygen atoms in total. The van der Waals surface area contributed by atoms with Crippen LogP contribution >= 0.6 is 0 Å². The van der Waals surface area contributed by atoms with E-state index in [9.17, 15) is 9.50 Å². The van der Waals surface area contributed by atoms with Crippen LogP contribution in [0.1, 0.15) is 16.7 Å². The van der Waals surface area contributed by atoms with E-state index in [2.05, 4.69) is 59.4 Å². The molecule has 2 aliphatic carbocycles. The van der Waals surface area contributed by atoms with Crippen LogP contribution in [0.3, 0.4) is 0 Å². The Hall–Kier alpha value is -3.02. The summed E-state index contributed by atoms with van der Waals surface area (Å²) in [6, 6.07) is 22.0. The lowest BCUT2D eigenvalue weighted by Crippen LogP contribution is -2.25. The van der Waals surface area contributed by atoms with Crippen molar-refractivity contribution in [2.45, 2.75) is 24.9 Å². The largest absolute Gasteiger partial charge is 0.396 e. The second kappa shape index (κ2) is 6.06. The number of hydrogen-bond donors (Lipinski definition) is 1. The normalized spacial score (nSPS) is 30.0. The van der Waals surface area contributed by atoms with Crippen molar-refractivity contribution in [2.75, 3.05) is 13.2 Å². The molecule has 1 aromatic heterocycles. The van der Waals surface area contributed by atoms with Crippen LogP contribution in [0, 0.1) is 24.1 Å². The lowest BCUT2D eigenvalue weighted by molar-refractivity contribution is 0.216. The third-order valence-electron chi connectivity index (χ3n) is 8.40. The molecular weight excluding hydrogens is 401 g/mol. The number of benzene rings is 3. The van der Waals surface area contributed by atoms with Gasteiger partial charge in [0.25, 0.3) is 0 Å². The van der Waals surface area contributed by atoms with Crippen LogP contribution in [-0.4, -0.2) is 39.0 Å². The summed E-state index contributed by atoms with van der Waals surface area (Å²) in [5.41, 5.74) is 5.91. The predicted molar refractivity (Wildman–Crippen MR) is 121 cm³/mol. The minimum atomic E-state index is -0.249. The van der Waals surface area contributed by atoms with E-state index in [1.807, 2.05) is 10.9 Å². The van der Waals surface area contributed by atoms with Crippen LogP contribution in [0.15, 0.2) is 72.9 Å². The zero-order chi connectivity index (χ0) is 21.7. The highest BCUT2D eigenvalue weighted by Gasteiger charge is 3.02. The lowest BCUT2D eigenvalue weighted by atomic mass is 9.92. The van der Waals surface area contributed by atoms with Crippen LogP contribution in [0.4, 0.5) is 4.39 Å². The van der Waals surface area contributed by atoms with Gasteiger partial charge in [-0.05, 0) is 65.9 Å². The van der Waals surface area contributed by atoms with Gasteiger partial charge in [0, 0.05) is 35.3 Å². The summed E-state index contributed by atoms with van der Waals surface area (Å²) in [5.74, 6) is 0.276. The van der Waals surface area contributed by atoms with Crippen molar-refractivity contribution in [3.05, 3.63) is 95.4 Å². The maximum atomic E-state index is 13.4. The maximum absolute atomic E-state index is 13.4. The molecule has 4 aliphatic rings. The highest BCUT2D eigenvalue weighted by Crippen LogP contribution is 2.94. The van der Waals surface area contributed by atoms with E-state index >= 15 is 0 Å². The number of hydrogen-bond acceptors (Lipinski definition) is 3. The molecule has 1 unspecified atom stereocenters. The van der Waals surface area contributed by atoms with E-state index < -0.39 is 0 Å². The van der Waals surface area contributed by atoms with E-state index in [4.69, 9.17) is 0 Å². The second-order valence-corrected chi connectivity index (χ2v) is 9.70. The standard InChI is InChI=1S/C27H24FN3O/c1-17-11-23-19(13-29-31(23)21-9-7-20(28)8-10-21)12-22(17)27-24-15-30(25(27)26(24,27)16-32)14-18-5-3-2-4-6-18/h2-13,24-25,32H,14-16H2,1H3/t24-,25?,26-,27+/m1/s1. The van der Waals surface area contributed by atoms with Crippen molar-refractivity contribution >= 4 is 10.9 Å². The molecule has 4 aromatic rings. The summed E-state index contributed by atoms with van der Waals surface area (Å²) in [5, 5.41) is 16.1. The Morgan fingerprint density at radius 3 is 2.59 bits per heavy atom. The van der Waals surface area contributed by atoms with Gasteiger partial charge >= 0.3 is 0 Å². The molecule has 32 heavy (non-hydrogen) atoms. The number of halogens is 1. The van der Waals surface area contributed by atoms with Gasteiger partial charge in [-0.3, -0.25) is 4.90 Å². The van der Waals surface area contributed by atoms with Gasteiger partial charge in [0.1, 0.15) is 5.82 Å². The Morgan fingerprint density at radius 1 is 1.09 bits per heavy atom. The molecule has 0 spiro atoms. The van der Waals surface area contributed by atoms with Gasteiger partial charge < -0.3 is 5.11 Å². The summed E-state index contributed by atoms with van der Waals surface area (Å²) < 4.78 is 15.2. The Kier molecular flexibility index (Phi) is 3.51. The number of aryl methyl sites for hydroxylation is 1. The van der Waals surface area contributed by atoms with Gasteiger partial charge in [0.05, 0.1) is 24.0 Å². The summed E-state index contributed by atoms with van der Waals surface area (Å²) in [6.07, 6.45) is 1.90. The Balaban J connectivity index is 1.27. The molecule has 2 bridgehead atoms. The van der Waals surface area contributed by atoms with Crippen molar-refractivity contribution in [1.29, 1.82) is 0 Å². The van der Waals surface area contributed by atoms with Crippen molar-refractivity contribution in [1.82, 2.24) is 14.7 Å². The summed E-state index contributed by atoms with van der Waals surface area (Å²) in [4.78, 5) is 2.57. The van der Waals surface area contributed by atoms with E-state index in [1.54, 1.807) is 12.1 Å². The molecule has 2 saturated carbocycles. The minimum Gasteiger partial charge on any atom is -0.396 e. The topological polar surface area (TPSA) is 41.3 Å². The third kappa shape index (κ3) is 2.06. The summed E-state index contributed by atoms with van der Waals surface area (Å²) in [6.45, 7) is 4.41. The fourth-order valence-corrected chi connectivity index (χ4v) is 7.07. The minimum absolute atomic E-state index is 0.0210. The lowest BCUT2D eigenvalue weighted by Gasteiger charge is -2.18. The predicted octanol–water partition coefficient (Wildman–Crippen LogP) is 4.22. The zero-order valence-corrected chi connectivity index (χ0v) is 17.9. The Labute approximate surface area is 185 Å². The molecule has 2 saturated heterocycles. The van der Waals surface area contributed by atoms with E-state index in [0.717, 1.165) is 29.7 Å². The Bertz CT molecular complexity index is 1370. The molecule has 3 aromatic carbocycles. The average Bonchev–Trinajstić information content (AvgIpc) is 3.27. The monoisotopic (exact) mass is 425 g/mol. The number of aliphatic hydroxyl groups is 1. The second-order valence-electron chi connectivity index (χ2n) is 9.70. The van der Waals surface area contributed by atoms with Crippen molar-refractivity contribution in [2.24, 2.45) is 11.3 Å². The molecule has 160 valence electrons. The van der Waals surface area contributed by atoms with Gasteiger partial charge in [-0.25, -0.2) is 9.07 Å². The summed E-state index contributed by atoms with van der Waals surface area (Å²) >= 11 is 0. The molecule has 4 atom stereocenters. The van der Waals surface area contributed by atoms with Crippen LogP contribution in [0.25, 0.3) is 16.6 Å². The molecule has 1 N–H and O–H groups in total. The molecule has 4 fully saturated rings. The molecule has 2 aliphatic heterocycles. The van der Waals surface area contributed by atoms with Crippen molar-refractivity contribution < 1.29 is 9.50 Å². The van der Waals surface area contributed by atoms with Gasteiger partial charge in [-0.15, -0.1) is 0 Å². The maximum Gasteiger partial charge on any atom is 0.123 e. The van der Waals surface area contributed by atoms with Gasteiger partial charge in [-0.2, -0.15) is 5.10 Å². The highest BCUT2D eigenvalue weighted by atomic mass is 19.1. The number of aliphatic hydroxyl groups excluding tert-OH is 1. The SMILES string of the molecule is Cc1cc2c(cnn2-c2ccc(F)cc2)cc1[C@@]12C3N(Cc4ccccc4)C[C@@H]1[C@]32CO. The first-order chi connectivity index (χ1) is 15.6. The Morgan fingerprint density at radius 2 is 1.88 bits per heavy atom. The number of nitrogens with zero attached hydrogens (tertiary/aromatic N) is 3. The van der Waals surface area contributed by atoms with E-state index in [-0.39, 0.29) is 23.3 Å². The number of fused-ring (bicyclic) bond motifs is 2. The van der Waals surface area contributed by atoms with Crippen molar-refractivity contribution in [3.8, 4) is 5.69 Å². The van der Waals surface area contributed by atoms with E-state index in [0.29, 0.717) is 12.0 Å². The fourth-order valence-electron chi connectivity index (χ4n) is 7.07. The molecule has 0 amide bonds. The highest BCUT2D eigenvalue weighted by molar-refractivity contribution is 5.84. The zero-order valence-electron chi connectivity index (χ0n) is 17.9. The van der Waals surface area contributed by atoms with Gasteiger partial charge in [0.15, 0.2) is 0 Å². The van der Waals surface area contributed by atoms with Crippen LogP contribution in [0.2, 0.25) is 0 Å². The first-order valence-corrected chi connectivity index (χ1v) is 11.2. The van der Waals surface area contributed by atoms with Crippen LogP contribution in [0.5, 0.6) is 0 Å². The quantitative estimate of drug-likeness (QED) is 0.521. The molecule has 0 radical (unpaired) electrons. The van der Waals surface area contributed by atoms with Gasteiger partial charge in [0.2, 0.25) is 0 Å². The average molecular weight is 426 g/mol. The first-order valence-electron chi connectivity index (χ1n) is 11.2. The molecule has 8 rings (SSSR count). The van der Waals surface area contributed by atoms with Crippen molar-refractivity contribution in [3.63, 3.8) is 0 Å².